The number of ether oxygens (including phenoxy) is 2. The van der Waals surface area contributed by atoms with Gasteiger partial charge in [-0.1, -0.05) is 0 Å². The Kier molecular flexibility index (Phi) is 4.69. The van der Waals surface area contributed by atoms with Gasteiger partial charge in [0.1, 0.15) is 17.3 Å². The second-order valence-corrected chi connectivity index (χ2v) is 7.89. The molecule has 25 heavy (non-hydrogen) atoms. The third kappa shape index (κ3) is 3.46. The Morgan fingerprint density at radius 2 is 1.80 bits per heavy atom. The van der Waals surface area contributed by atoms with Crippen LogP contribution in [-0.2, 0) is 17.0 Å². The fourth-order valence-corrected chi connectivity index (χ4v) is 3.78. The minimum absolute atomic E-state index is 0.206. The summed E-state index contributed by atoms with van der Waals surface area (Å²) in [6.07, 6.45) is 0. The second kappa shape index (κ2) is 6.63. The highest BCUT2D eigenvalue weighted by Crippen LogP contribution is 2.37. The maximum Gasteiger partial charge on any atom is 0.257 e. The Morgan fingerprint density at radius 3 is 2.36 bits per heavy atom. The van der Waals surface area contributed by atoms with E-state index in [1.807, 2.05) is 16.4 Å². The van der Waals surface area contributed by atoms with E-state index in [0.717, 1.165) is 28.6 Å². The van der Waals surface area contributed by atoms with Crippen LogP contribution >= 0.6 is 11.8 Å². The number of rotatable bonds is 4. The number of thioether (sulfide) groups is 1. The average molecular weight is 361 g/mol. The van der Waals surface area contributed by atoms with Crippen LogP contribution in [0.3, 0.4) is 0 Å². The molecule has 0 fully saturated rings. The van der Waals surface area contributed by atoms with Crippen molar-refractivity contribution in [3.05, 3.63) is 35.0 Å². The SMILES string of the molecule is COc1cc(OC)cc(C(=O)Nc2c3c(nn2C(C)(C)C)CSC3)c1. The Labute approximate surface area is 151 Å². The largest absolute Gasteiger partial charge is 0.497 e. The van der Waals surface area contributed by atoms with Crippen LogP contribution in [-0.4, -0.2) is 29.9 Å². The number of carbonyl (C=O) groups is 1. The fourth-order valence-electron chi connectivity index (χ4n) is 2.75. The lowest BCUT2D eigenvalue weighted by atomic mass is 10.1. The molecule has 1 aliphatic heterocycles. The highest BCUT2D eigenvalue weighted by Gasteiger charge is 2.29. The van der Waals surface area contributed by atoms with Crippen molar-refractivity contribution >= 4 is 23.5 Å². The quantitative estimate of drug-likeness (QED) is 0.900. The molecule has 1 aliphatic rings. The van der Waals surface area contributed by atoms with Crippen molar-refractivity contribution in [1.29, 1.82) is 0 Å². The zero-order valence-electron chi connectivity index (χ0n) is 15.2. The molecule has 0 unspecified atom stereocenters. The van der Waals surface area contributed by atoms with Gasteiger partial charge in [0, 0.05) is 28.7 Å². The van der Waals surface area contributed by atoms with Crippen LogP contribution in [0.25, 0.3) is 0 Å². The molecule has 134 valence electrons. The van der Waals surface area contributed by atoms with E-state index in [-0.39, 0.29) is 11.4 Å². The number of anilines is 1. The lowest BCUT2D eigenvalue weighted by Crippen LogP contribution is -2.27. The molecule has 0 atom stereocenters. The molecular weight excluding hydrogens is 338 g/mol. The van der Waals surface area contributed by atoms with Crippen molar-refractivity contribution in [2.75, 3.05) is 19.5 Å². The van der Waals surface area contributed by atoms with Gasteiger partial charge in [0.05, 0.1) is 25.5 Å². The van der Waals surface area contributed by atoms with Gasteiger partial charge in [-0.2, -0.15) is 16.9 Å². The van der Waals surface area contributed by atoms with Crippen LogP contribution in [0.2, 0.25) is 0 Å². The summed E-state index contributed by atoms with van der Waals surface area (Å²) >= 11 is 1.81. The first-order valence-corrected chi connectivity index (χ1v) is 9.22. The minimum atomic E-state index is -0.219. The molecule has 1 N–H and O–H groups in total. The smallest absolute Gasteiger partial charge is 0.257 e. The first-order valence-electron chi connectivity index (χ1n) is 8.07. The minimum Gasteiger partial charge on any atom is -0.497 e. The number of amides is 1. The van der Waals surface area contributed by atoms with E-state index in [1.54, 1.807) is 32.4 Å². The summed E-state index contributed by atoms with van der Waals surface area (Å²) in [5.74, 6) is 3.47. The van der Waals surface area contributed by atoms with Gasteiger partial charge in [-0.3, -0.25) is 4.79 Å². The Hall–Kier alpha value is -2.15. The van der Waals surface area contributed by atoms with Crippen LogP contribution in [0.4, 0.5) is 5.82 Å². The molecule has 2 aromatic rings. The molecular formula is C18H23N3O3S. The molecule has 2 heterocycles. The molecule has 1 aromatic heterocycles. The van der Waals surface area contributed by atoms with E-state index in [2.05, 4.69) is 26.1 Å². The van der Waals surface area contributed by atoms with E-state index in [1.165, 1.54) is 0 Å². The van der Waals surface area contributed by atoms with E-state index in [9.17, 15) is 4.79 Å². The van der Waals surface area contributed by atoms with Crippen molar-refractivity contribution in [1.82, 2.24) is 9.78 Å². The topological polar surface area (TPSA) is 65.4 Å². The van der Waals surface area contributed by atoms with Crippen molar-refractivity contribution in [3.63, 3.8) is 0 Å². The molecule has 0 spiro atoms. The van der Waals surface area contributed by atoms with Gasteiger partial charge in [-0.25, -0.2) is 4.68 Å². The van der Waals surface area contributed by atoms with Crippen molar-refractivity contribution in [3.8, 4) is 11.5 Å². The first-order chi connectivity index (χ1) is 11.8. The fraction of sp³-hybridized carbons (Fsp3) is 0.444. The second-order valence-electron chi connectivity index (χ2n) is 6.90. The summed E-state index contributed by atoms with van der Waals surface area (Å²) < 4.78 is 12.4. The number of methoxy groups -OCH3 is 2. The summed E-state index contributed by atoms with van der Waals surface area (Å²) in [4.78, 5) is 12.9. The number of benzene rings is 1. The van der Waals surface area contributed by atoms with E-state index < -0.39 is 0 Å². The zero-order valence-corrected chi connectivity index (χ0v) is 16.0. The van der Waals surface area contributed by atoms with Crippen LogP contribution in [0.15, 0.2) is 18.2 Å². The molecule has 6 nitrogen and oxygen atoms in total. The van der Waals surface area contributed by atoms with Gasteiger partial charge >= 0.3 is 0 Å². The number of fused-ring (bicyclic) bond motifs is 1. The van der Waals surface area contributed by atoms with Gasteiger partial charge in [-0.05, 0) is 32.9 Å². The molecule has 0 bridgehead atoms. The molecule has 0 radical (unpaired) electrons. The van der Waals surface area contributed by atoms with Crippen molar-refractivity contribution in [2.24, 2.45) is 0 Å². The number of nitrogens with one attached hydrogen (secondary N) is 1. The monoisotopic (exact) mass is 361 g/mol. The summed E-state index contributed by atoms with van der Waals surface area (Å²) in [5.41, 5.74) is 2.43. The third-order valence-electron chi connectivity index (χ3n) is 4.03. The molecule has 0 saturated carbocycles. The number of aromatic nitrogens is 2. The summed E-state index contributed by atoms with van der Waals surface area (Å²) in [7, 11) is 3.13. The van der Waals surface area contributed by atoms with Crippen molar-refractivity contribution < 1.29 is 14.3 Å². The molecule has 0 aliphatic carbocycles. The first kappa shape index (κ1) is 17.7. The van der Waals surface area contributed by atoms with Crippen LogP contribution in [0, 0.1) is 0 Å². The highest BCUT2D eigenvalue weighted by atomic mass is 32.2. The summed E-state index contributed by atoms with van der Waals surface area (Å²) in [6, 6.07) is 5.14. The van der Waals surface area contributed by atoms with Gasteiger partial charge in [0.2, 0.25) is 0 Å². The summed E-state index contributed by atoms with van der Waals surface area (Å²) in [6.45, 7) is 6.23. The Bertz CT molecular complexity index is 786. The number of hydrogen-bond donors (Lipinski definition) is 1. The molecule has 1 amide bonds. The lowest BCUT2D eigenvalue weighted by Gasteiger charge is -2.23. The number of nitrogens with zero attached hydrogens (tertiary/aromatic N) is 2. The normalized spacial score (nSPS) is 13.5. The number of carbonyl (C=O) groups excluding carboxylic acids is 1. The predicted octanol–water partition coefficient (Wildman–Crippen LogP) is 3.65. The zero-order chi connectivity index (χ0) is 18.2. The van der Waals surface area contributed by atoms with Crippen LogP contribution in [0.1, 0.15) is 42.4 Å². The number of hydrogen-bond acceptors (Lipinski definition) is 5. The summed E-state index contributed by atoms with van der Waals surface area (Å²) in [5, 5.41) is 7.76. The molecule has 0 saturated heterocycles. The predicted molar refractivity (Wildman–Crippen MR) is 99.7 cm³/mol. The van der Waals surface area contributed by atoms with Gasteiger partial charge in [0.15, 0.2) is 0 Å². The molecule has 3 rings (SSSR count). The van der Waals surface area contributed by atoms with Crippen LogP contribution in [0.5, 0.6) is 11.5 Å². The third-order valence-corrected chi connectivity index (χ3v) is 5.00. The molecule has 1 aromatic carbocycles. The van der Waals surface area contributed by atoms with E-state index >= 15 is 0 Å². The van der Waals surface area contributed by atoms with E-state index in [0.29, 0.717) is 17.1 Å². The van der Waals surface area contributed by atoms with Crippen LogP contribution < -0.4 is 14.8 Å². The Morgan fingerprint density at radius 1 is 1.16 bits per heavy atom. The maximum atomic E-state index is 12.9. The molecule has 7 heteroatoms. The van der Waals surface area contributed by atoms with Gasteiger partial charge in [0.25, 0.3) is 5.91 Å². The average Bonchev–Trinajstić information content (AvgIpc) is 3.16. The highest BCUT2D eigenvalue weighted by molar-refractivity contribution is 7.98. The maximum absolute atomic E-state index is 12.9. The lowest BCUT2D eigenvalue weighted by molar-refractivity contribution is 0.102. The Balaban J connectivity index is 1.97. The van der Waals surface area contributed by atoms with E-state index in [4.69, 9.17) is 14.6 Å². The standard InChI is InChI=1S/C18H23N3O3S/c1-18(2,3)21-16(14-9-25-10-15(14)20-21)19-17(22)11-6-12(23-4)8-13(7-11)24-5/h6-8H,9-10H2,1-5H3,(H,19,22). The van der Waals surface area contributed by atoms with Gasteiger partial charge in [-0.15, -0.1) is 0 Å². The van der Waals surface area contributed by atoms with Gasteiger partial charge < -0.3 is 14.8 Å². The van der Waals surface area contributed by atoms with Crippen molar-refractivity contribution in [2.45, 2.75) is 37.8 Å².